The van der Waals surface area contributed by atoms with Crippen molar-refractivity contribution < 1.29 is 9.53 Å². The lowest BCUT2D eigenvalue weighted by Gasteiger charge is -2.28. The van der Waals surface area contributed by atoms with Gasteiger partial charge >= 0.3 is 5.97 Å². The number of esters is 1. The molecule has 2 heterocycles. The fraction of sp³-hybridized carbons (Fsp3) is 0.261. The molecule has 0 unspecified atom stereocenters. The Morgan fingerprint density at radius 3 is 2.71 bits per heavy atom. The molecule has 0 saturated carbocycles. The van der Waals surface area contributed by atoms with E-state index in [4.69, 9.17) is 21.4 Å². The first-order valence-corrected chi connectivity index (χ1v) is 11.4. The van der Waals surface area contributed by atoms with E-state index in [-0.39, 0.29) is 5.97 Å². The number of fused-ring (bicyclic) bond motifs is 1. The Kier molecular flexibility index (Phi) is 6.34. The zero-order chi connectivity index (χ0) is 22.0. The van der Waals surface area contributed by atoms with Crippen molar-refractivity contribution in [2.24, 2.45) is 0 Å². The highest BCUT2D eigenvalue weighted by Crippen LogP contribution is 2.37. The van der Waals surface area contributed by atoms with E-state index in [2.05, 4.69) is 35.4 Å². The molecular weight excluding hydrogens is 432 g/mol. The monoisotopic (exact) mass is 454 g/mol. The molecule has 0 bridgehead atoms. The Bertz CT molecular complexity index is 1140. The standard InChI is InChI=1S/C23H23ClN4O2S/c1-4-30-21(29)19-15(3)25-22-26-23(31-13-16-7-5-6-14(2)12-16)27-28(22)20(19)17-8-10-18(24)11-9-17/h5-12,20H,4,13H2,1-3H3,(H,25,26,27)/t20-/m1/s1. The summed E-state index contributed by atoms with van der Waals surface area (Å²) in [6, 6.07) is 15.3. The maximum atomic E-state index is 12.8. The van der Waals surface area contributed by atoms with Crippen LogP contribution in [-0.2, 0) is 15.3 Å². The van der Waals surface area contributed by atoms with Crippen LogP contribution in [0.5, 0.6) is 0 Å². The average Bonchev–Trinajstić information content (AvgIpc) is 3.14. The van der Waals surface area contributed by atoms with Crippen LogP contribution in [0.25, 0.3) is 0 Å². The first-order valence-electron chi connectivity index (χ1n) is 10.0. The lowest BCUT2D eigenvalue weighted by molar-refractivity contribution is -0.139. The molecule has 0 radical (unpaired) electrons. The molecule has 3 aromatic rings. The van der Waals surface area contributed by atoms with Crippen molar-refractivity contribution in [2.75, 3.05) is 11.9 Å². The molecule has 8 heteroatoms. The number of anilines is 1. The minimum Gasteiger partial charge on any atom is -0.463 e. The van der Waals surface area contributed by atoms with E-state index in [1.807, 2.05) is 25.1 Å². The van der Waals surface area contributed by atoms with Gasteiger partial charge in [-0.25, -0.2) is 9.48 Å². The molecule has 1 N–H and O–H groups in total. The summed E-state index contributed by atoms with van der Waals surface area (Å²) in [5.41, 5.74) is 4.53. The summed E-state index contributed by atoms with van der Waals surface area (Å²) in [6.07, 6.45) is 0. The highest BCUT2D eigenvalue weighted by atomic mass is 35.5. The van der Waals surface area contributed by atoms with Crippen molar-refractivity contribution >= 4 is 35.3 Å². The van der Waals surface area contributed by atoms with Crippen molar-refractivity contribution in [3.05, 3.63) is 81.5 Å². The van der Waals surface area contributed by atoms with Crippen LogP contribution in [0.15, 0.2) is 65.0 Å². The van der Waals surface area contributed by atoms with Crippen LogP contribution in [0, 0.1) is 6.92 Å². The third-order valence-electron chi connectivity index (χ3n) is 4.96. The van der Waals surface area contributed by atoms with Gasteiger partial charge in [0.25, 0.3) is 0 Å². The normalized spacial score (nSPS) is 15.4. The molecule has 0 aliphatic carbocycles. The van der Waals surface area contributed by atoms with Crippen molar-refractivity contribution in [3.8, 4) is 0 Å². The topological polar surface area (TPSA) is 69.0 Å². The van der Waals surface area contributed by atoms with E-state index < -0.39 is 6.04 Å². The van der Waals surface area contributed by atoms with Crippen LogP contribution in [0.3, 0.4) is 0 Å². The summed E-state index contributed by atoms with van der Waals surface area (Å²) >= 11 is 7.65. The summed E-state index contributed by atoms with van der Waals surface area (Å²) in [5.74, 6) is 0.980. The Balaban J connectivity index is 1.68. The largest absolute Gasteiger partial charge is 0.463 e. The van der Waals surface area contributed by atoms with Crippen molar-refractivity contribution in [3.63, 3.8) is 0 Å². The van der Waals surface area contributed by atoms with Gasteiger partial charge in [-0.1, -0.05) is 65.3 Å². The fourth-order valence-electron chi connectivity index (χ4n) is 3.57. The van der Waals surface area contributed by atoms with Crippen molar-refractivity contribution in [1.29, 1.82) is 0 Å². The highest BCUT2D eigenvalue weighted by Gasteiger charge is 2.35. The molecule has 0 spiro atoms. The number of nitrogens with one attached hydrogen (secondary N) is 1. The predicted octanol–water partition coefficient (Wildman–Crippen LogP) is 5.38. The maximum absolute atomic E-state index is 12.8. The van der Waals surface area contributed by atoms with E-state index in [1.54, 1.807) is 35.5 Å². The first-order chi connectivity index (χ1) is 15.0. The Morgan fingerprint density at radius 2 is 2.00 bits per heavy atom. The van der Waals surface area contributed by atoms with E-state index in [0.717, 1.165) is 11.3 Å². The number of thioether (sulfide) groups is 1. The summed E-state index contributed by atoms with van der Waals surface area (Å²) in [4.78, 5) is 17.5. The molecule has 0 amide bonds. The molecule has 2 aromatic carbocycles. The van der Waals surface area contributed by atoms with Crippen molar-refractivity contribution in [1.82, 2.24) is 14.8 Å². The van der Waals surface area contributed by atoms with Gasteiger partial charge in [0.1, 0.15) is 6.04 Å². The number of aryl methyl sites for hydroxylation is 1. The SMILES string of the molecule is CCOC(=O)C1=C(C)Nc2nc(SCc3cccc(C)c3)nn2[C@@H]1c1ccc(Cl)cc1. The number of carbonyl (C=O) groups excluding carboxylic acids is 1. The van der Waals surface area contributed by atoms with E-state index in [1.165, 1.54) is 11.1 Å². The van der Waals surface area contributed by atoms with Gasteiger partial charge in [0.2, 0.25) is 11.1 Å². The van der Waals surface area contributed by atoms with Gasteiger partial charge in [-0.3, -0.25) is 0 Å². The number of carbonyl (C=O) groups is 1. The number of hydrogen-bond donors (Lipinski definition) is 1. The van der Waals surface area contributed by atoms with Gasteiger partial charge in [0, 0.05) is 16.5 Å². The molecule has 1 aliphatic rings. The quantitative estimate of drug-likeness (QED) is 0.398. The first kappa shape index (κ1) is 21.5. The second kappa shape index (κ2) is 9.16. The third-order valence-corrected chi connectivity index (χ3v) is 6.13. The van der Waals surface area contributed by atoms with Crippen LogP contribution in [-0.4, -0.2) is 27.3 Å². The molecule has 1 atom stereocenters. The van der Waals surface area contributed by atoms with Gasteiger partial charge in [-0.05, 0) is 44.0 Å². The highest BCUT2D eigenvalue weighted by molar-refractivity contribution is 7.98. The molecule has 1 aromatic heterocycles. The molecule has 6 nitrogen and oxygen atoms in total. The maximum Gasteiger partial charge on any atom is 0.338 e. The van der Waals surface area contributed by atoms with Crippen LogP contribution < -0.4 is 5.32 Å². The van der Waals surface area contributed by atoms with E-state index in [0.29, 0.717) is 34.0 Å². The molecule has 31 heavy (non-hydrogen) atoms. The Morgan fingerprint density at radius 1 is 1.23 bits per heavy atom. The number of aromatic nitrogens is 3. The smallest absolute Gasteiger partial charge is 0.338 e. The van der Waals surface area contributed by atoms with E-state index in [9.17, 15) is 4.79 Å². The summed E-state index contributed by atoms with van der Waals surface area (Å²) in [6.45, 7) is 6.02. The van der Waals surface area contributed by atoms with Crippen LogP contribution in [0.2, 0.25) is 5.02 Å². The lowest BCUT2D eigenvalue weighted by Crippen LogP contribution is -2.29. The lowest BCUT2D eigenvalue weighted by atomic mass is 9.96. The average molecular weight is 455 g/mol. The summed E-state index contributed by atoms with van der Waals surface area (Å²) in [7, 11) is 0. The molecule has 0 saturated heterocycles. The number of hydrogen-bond acceptors (Lipinski definition) is 6. The number of benzene rings is 2. The second-order valence-electron chi connectivity index (χ2n) is 7.28. The van der Waals surface area contributed by atoms with Gasteiger partial charge in [0.05, 0.1) is 12.2 Å². The van der Waals surface area contributed by atoms with Gasteiger partial charge in [-0.15, -0.1) is 5.10 Å². The number of rotatable bonds is 6. The third kappa shape index (κ3) is 4.62. The fourth-order valence-corrected chi connectivity index (χ4v) is 4.47. The minimum atomic E-state index is -0.451. The number of nitrogens with zero attached hydrogens (tertiary/aromatic N) is 3. The van der Waals surface area contributed by atoms with Gasteiger partial charge in [0.15, 0.2) is 0 Å². The summed E-state index contributed by atoms with van der Waals surface area (Å²) < 4.78 is 7.09. The number of allylic oxidation sites excluding steroid dienone is 1. The molecule has 160 valence electrons. The number of halogens is 1. The van der Waals surface area contributed by atoms with Crippen LogP contribution in [0.1, 0.15) is 36.6 Å². The summed E-state index contributed by atoms with van der Waals surface area (Å²) in [5, 5.41) is 9.21. The van der Waals surface area contributed by atoms with Gasteiger partial charge < -0.3 is 10.1 Å². The molecular formula is C23H23ClN4O2S. The van der Waals surface area contributed by atoms with Crippen molar-refractivity contribution in [2.45, 2.75) is 37.7 Å². The molecule has 1 aliphatic heterocycles. The zero-order valence-electron chi connectivity index (χ0n) is 17.6. The Labute approximate surface area is 190 Å². The number of ether oxygens (including phenoxy) is 1. The Hall–Kier alpha value is -2.77. The predicted molar refractivity (Wildman–Crippen MR) is 123 cm³/mol. The molecule has 0 fully saturated rings. The van der Waals surface area contributed by atoms with Crippen LogP contribution in [0.4, 0.5) is 5.95 Å². The van der Waals surface area contributed by atoms with E-state index >= 15 is 0 Å². The van der Waals surface area contributed by atoms with Crippen LogP contribution >= 0.6 is 23.4 Å². The second-order valence-corrected chi connectivity index (χ2v) is 8.66. The zero-order valence-corrected chi connectivity index (χ0v) is 19.1. The molecule has 4 rings (SSSR count). The van der Waals surface area contributed by atoms with Gasteiger partial charge in [-0.2, -0.15) is 4.98 Å². The minimum absolute atomic E-state index is 0.296.